The third-order valence-electron chi connectivity index (χ3n) is 2.20. The van der Waals surface area contributed by atoms with E-state index in [9.17, 15) is 4.79 Å². The van der Waals surface area contributed by atoms with Gasteiger partial charge < -0.3 is 10.1 Å². The van der Waals surface area contributed by atoms with Crippen LogP contribution in [0.3, 0.4) is 0 Å². The molecular weight excluding hydrogens is 240 g/mol. The van der Waals surface area contributed by atoms with Gasteiger partial charge in [0.15, 0.2) is 0 Å². The van der Waals surface area contributed by atoms with Gasteiger partial charge in [-0.1, -0.05) is 11.6 Å². The lowest BCUT2D eigenvalue weighted by molar-refractivity contribution is -0.140. The van der Waals surface area contributed by atoms with E-state index in [0.29, 0.717) is 30.0 Å². The molecule has 0 saturated heterocycles. The highest BCUT2D eigenvalue weighted by Crippen LogP contribution is 2.22. The number of benzene rings is 1. The Hall–Kier alpha value is -1.73. The zero-order chi connectivity index (χ0) is 12.7. The lowest BCUT2D eigenvalue weighted by Crippen LogP contribution is -2.06. The van der Waals surface area contributed by atoms with Crippen LogP contribution in [0.1, 0.15) is 18.4 Å². The number of halogens is 1. The maximum absolute atomic E-state index is 10.9. The van der Waals surface area contributed by atoms with E-state index in [0.717, 1.165) is 5.69 Å². The molecule has 0 aromatic heterocycles. The van der Waals surface area contributed by atoms with Crippen molar-refractivity contribution >= 4 is 23.3 Å². The molecule has 0 amide bonds. The average molecular weight is 253 g/mol. The van der Waals surface area contributed by atoms with Gasteiger partial charge in [-0.25, -0.2) is 0 Å². The molecule has 5 heteroatoms. The molecule has 0 bridgehead atoms. The summed E-state index contributed by atoms with van der Waals surface area (Å²) in [6.07, 6.45) is 1.04. The smallest absolute Gasteiger partial charge is 0.305 e. The Kier molecular flexibility index (Phi) is 5.31. The first-order valence-corrected chi connectivity index (χ1v) is 5.55. The predicted molar refractivity (Wildman–Crippen MR) is 65.9 cm³/mol. The second-order valence-corrected chi connectivity index (χ2v) is 3.82. The van der Waals surface area contributed by atoms with Gasteiger partial charge in [-0.3, -0.25) is 4.79 Å². The van der Waals surface area contributed by atoms with Gasteiger partial charge in [-0.05, 0) is 24.6 Å². The number of anilines is 1. The Morgan fingerprint density at radius 1 is 1.59 bits per heavy atom. The second-order valence-electron chi connectivity index (χ2n) is 3.41. The Balaban J connectivity index is 2.42. The highest BCUT2D eigenvalue weighted by atomic mass is 35.5. The molecule has 0 radical (unpaired) electrons. The molecule has 1 N–H and O–H groups in total. The molecule has 17 heavy (non-hydrogen) atoms. The molecule has 0 aliphatic rings. The van der Waals surface area contributed by atoms with Crippen molar-refractivity contribution in [1.29, 1.82) is 5.26 Å². The van der Waals surface area contributed by atoms with Gasteiger partial charge in [0.1, 0.15) is 0 Å². The van der Waals surface area contributed by atoms with E-state index in [-0.39, 0.29) is 5.97 Å². The molecule has 0 spiro atoms. The van der Waals surface area contributed by atoms with Gasteiger partial charge >= 0.3 is 5.97 Å². The van der Waals surface area contributed by atoms with Gasteiger partial charge in [0.2, 0.25) is 0 Å². The number of methoxy groups -OCH3 is 1. The van der Waals surface area contributed by atoms with Crippen LogP contribution in [0.5, 0.6) is 0 Å². The van der Waals surface area contributed by atoms with E-state index in [1.165, 1.54) is 7.11 Å². The Bertz CT molecular complexity index is 441. The number of nitrogens with zero attached hydrogens (tertiary/aromatic N) is 1. The normalized spacial score (nSPS) is 9.47. The monoisotopic (exact) mass is 252 g/mol. The first-order valence-electron chi connectivity index (χ1n) is 5.17. The third-order valence-corrected chi connectivity index (χ3v) is 2.51. The van der Waals surface area contributed by atoms with E-state index in [2.05, 4.69) is 10.1 Å². The van der Waals surface area contributed by atoms with Crippen molar-refractivity contribution in [3.05, 3.63) is 28.8 Å². The summed E-state index contributed by atoms with van der Waals surface area (Å²) >= 11 is 5.97. The fraction of sp³-hybridized carbons (Fsp3) is 0.333. The largest absolute Gasteiger partial charge is 0.469 e. The first kappa shape index (κ1) is 13.3. The zero-order valence-corrected chi connectivity index (χ0v) is 10.3. The van der Waals surface area contributed by atoms with Gasteiger partial charge in [0.05, 0.1) is 29.5 Å². The molecule has 0 unspecified atom stereocenters. The summed E-state index contributed by atoms with van der Waals surface area (Å²) < 4.78 is 4.53. The standard InChI is InChI=1S/C12H13ClN2O2/c1-17-12(16)3-2-6-15-11-5-4-9(8-14)7-10(11)13/h4-5,7,15H,2-3,6H2,1H3. The maximum Gasteiger partial charge on any atom is 0.305 e. The highest BCUT2D eigenvalue weighted by Gasteiger charge is 2.02. The van der Waals surface area contributed by atoms with Crippen LogP contribution in [0.25, 0.3) is 0 Å². The molecule has 1 rings (SSSR count). The molecular formula is C12H13ClN2O2. The van der Waals surface area contributed by atoms with Gasteiger partial charge in [-0.2, -0.15) is 5.26 Å². The minimum Gasteiger partial charge on any atom is -0.469 e. The van der Waals surface area contributed by atoms with Crippen LogP contribution < -0.4 is 5.32 Å². The zero-order valence-electron chi connectivity index (χ0n) is 9.50. The predicted octanol–water partition coefficient (Wildman–Crippen LogP) is 2.58. The number of nitriles is 1. The number of carbonyl (C=O) groups excluding carboxylic acids is 1. The van der Waals surface area contributed by atoms with Crippen LogP contribution in [-0.4, -0.2) is 19.6 Å². The van der Waals surface area contributed by atoms with Crippen molar-refractivity contribution in [3.8, 4) is 6.07 Å². The van der Waals surface area contributed by atoms with Crippen molar-refractivity contribution in [2.24, 2.45) is 0 Å². The summed E-state index contributed by atoms with van der Waals surface area (Å²) in [5.41, 5.74) is 1.28. The maximum atomic E-state index is 10.9. The first-order chi connectivity index (χ1) is 8.17. The van der Waals surface area contributed by atoms with E-state index in [1.807, 2.05) is 6.07 Å². The summed E-state index contributed by atoms with van der Waals surface area (Å²) in [5, 5.41) is 12.3. The summed E-state index contributed by atoms with van der Waals surface area (Å²) in [4.78, 5) is 10.9. The fourth-order valence-electron chi connectivity index (χ4n) is 1.29. The number of carbonyl (C=O) groups is 1. The molecule has 4 nitrogen and oxygen atoms in total. The molecule has 0 aliphatic heterocycles. The number of ether oxygens (including phenoxy) is 1. The quantitative estimate of drug-likeness (QED) is 0.646. The fourth-order valence-corrected chi connectivity index (χ4v) is 1.53. The molecule has 0 aliphatic carbocycles. The number of rotatable bonds is 5. The summed E-state index contributed by atoms with van der Waals surface area (Å²) in [5.74, 6) is -0.224. The van der Waals surface area contributed by atoms with Crippen molar-refractivity contribution in [2.75, 3.05) is 19.0 Å². The van der Waals surface area contributed by atoms with Gasteiger partial charge in [0, 0.05) is 13.0 Å². The van der Waals surface area contributed by atoms with Crippen LogP contribution in [0.15, 0.2) is 18.2 Å². The number of hydrogen-bond donors (Lipinski definition) is 1. The van der Waals surface area contributed by atoms with Gasteiger partial charge in [0.25, 0.3) is 0 Å². The molecule has 0 heterocycles. The van der Waals surface area contributed by atoms with Crippen molar-refractivity contribution in [2.45, 2.75) is 12.8 Å². The van der Waals surface area contributed by atoms with Crippen LogP contribution in [-0.2, 0) is 9.53 Å². The lowest BCUT2D eigenvalue weighted by Gasteiger charge is -2.07. The molecule has 1 aromatic rings. The molecule has 1 aromatic carbocycles. The van der Waals surface area contributed by atoms with Crippen LogP contribution in [0.4, 0.5) is 5.69 Å². The van der Waals surface area contributed by atoms with E-state index in [4.69, 9.17) is 16.9 Å². The van der Waals surface area contributed by atoms with Crippen LogP contribution >= 0.6 is 11.6 Å². The SMILES string of the molecule is COC(=O)CCCNc1ccc(C#N)cc1Cl. The average Bonchev–Trinajstić information content (AvgIpc) is 2.35. The van der Waals surface area contributed by atoms with Gasteiger partial charge in [-0.15, -0.1) is 0 Å². The minimum atomic E-state index is -0.224. The Morgan fingerprint density at radius 3 is 2.94 bits per heavy atom. The Labute approximate surface area is 105 Å². The van der Waals surface area contributed by atoms with Crippen molar-refractivity contribution < 1.29 is 9.53 Å². The lowest BCUT2D eigenvalue weighted by atomic mass is 10.2. The molecule has 0 fully saturated rings. The highest BCUT2D eigenvalue weighted by molar-refractivity contribution is 6.33. The molecule has 0 atom stereocenters. The topological polar surface area (TPSA) is 62.1 Å². The number of esters is 1. The van der Waals surface area contributed by atoms with E-state index < -0.39 is 0 Å². The van der Waals surface area contributed by atoms with Crippen molar-refractivity contribution in [1.82, 2.24) is 0 Å². The summed E-state index contributed by atoms with van der Waals surface area (Å²) in [6.45, 7) is 0.626. The molecule has 0 saturated carbocycles. The van der Waals surface area contributed by atoms with E-state index >= 15 is 0 Å². The van der Waals surface area contributed by atoms with Crippen molar-refractivity contribution in [3.63, 3.8) is 0 Å². The summed E-state index contributed by atoms with van der Waals surface area (Å²) in [6, 6.07) is 7.05. The minimum absolute atomic E-state index is 0.224. The molecule has 90 valence electrons. The Morgan fingerprint density at radius 2 is 2.35 bits per heavy atom. The van der Waals surface area contributed by atoms with E-state index in [1.54, 1.807) is 18.2 Å². The number of nitrogens with one attached hydrogen (secondary N) is 1. The van der Waals surface area contributed by atoms with Crippen LogP contribution in [0.2, 0.25) is 5.02 Å². The second kappa shape index (κ2) is 6.77. The number of hydrogen-bond acceptors (Lipinski definition) is 4. The van der Waals surface area contributed by atoms with Crippen LogP contribution in [0, 0.1) is 11.3 Å². The third kappa shape index (κ3) is 4.33. The summed E-state index contributed by atoms with van der Waals surface area (Å²) in [7, 11) is 1.37.